The molecular formula is C20H25NO2. The van der Waals surface area contributed by atoms with E-state index in [2.05, 4.69) is 11.8 Å². The number of amides is 1. The van der Waals surface area contributed by atoms with Crippen molar-refractivity contribution in [1.82, 2.24) is 4.90 Å². The van der Waals surface area contributed by atoms with Crippen LogP contribution in [0.4, 0.5) is 4.79 Å². The SMILES string of the molecule is O=C(OC1(C#Cc2ccccc2)CCCCC1)N1CCCCC1. The fourth-order valence-corrected chi connectivity index (χ4v) is 3.39. The number of ether oxygens (including phenoxy) is 1. The lowest BCUT2D eigenvalue weighted by Gasteiger charge is -2.35. The first kappa shape index (κ1) is 15.9. The second-order valence-electron chi connectivity index (χ2n) is 6.59. The highest BCUT2D eigenvalue weighted by Crippen LogP contribution is 2.32. The number of nitrogens with zero attached hydrogens (tertiary/aromatic N) is 1. The first-order valence-corrected chi connectivity index (χ1v) is 8.84. The van der Waals surface area contributed by atoms with E-state index in [1.807, 2.05) is 35.2 Å². The van der Waals surface area contributed by atoms with Gasteiger partial charge >= 0.3 is 6.09 Å². The highest BCUT2D eigenvalue weighted by Gasteiger charge is 2.36. The molecule has 1 amide bonds. The summed E-state index contributed by atoms with van der Waals surface area (Å²) in [5.74, 6) is 6.52. The highest BCUT2D eigenvalue weighted by atomic mass is 16.6. The molecule has 1 aromatic carbocycles. The van der Waals surface area contributed by atoms with E-state index in [9.17, 15) is 4.79 Å². The molecule has 1 saturated carbocycles. The minimum Gasteiger partial charge on any atom is -0.430 e. The lowest BCUT2D eigenvalue weighted by atomic mass is 9.85. The minimum absolute atomic E-state index is 0.172. The Morgan fingerprint density at radius 2 is 1.61 bits per heavy atom. The molecule has 3 rings (SSSR count). The number of carbonyl (C=O) groups is 1. The van der Waals surface area contributed by atoms with E-state index in [0.717, 1.165) is 57.2 Å². The molecule has 1 aromatic rings. The van der Waals surface area contributed by atoms with Crippen LogP contribution in [0.15, 0.2) is 30.3 Å². The van der Waals surface area contributed by atoms with Gasteiger partial charge in [-0.2, -0.15) is 0 Å². The standard InChI is InChI=1S/C20H25NO2/c22-19(21-16-8-3-9-17-21)23-20(13-6-2-7-14-20)15-12-18-10-4-1-5-11-18/h1,4-5,10-11H,2-3,6-9,13-14,16-17H2. The van der Waals surface area contributed by atoms with Crippen LogP contribution in [0.1, 0.15) is 56.9 Å². The smallest absolute Gasteiger partial charge is 0.411 e. The van der Waals surface area contributed by atoms with Crippen molar-refractivity contribution in [2.75, 3.05) is 13.1 Å². The van der Waals surface area contributed by atoms with Crippen LogP contribution in [-0.2, 0) is 4.74 Å². The Kier molecular flexibility index (Phi) is 5.23. The molecule has 0 radical (unpaired) electrons. The van der Waals surface area contributed by atoms with E-state index in [1.165, 1.54) is 12.8 Å². The van der Waals surface area contributed by atoms with Crippen LogP contribution in [-0.4, -0.2) is 29.7 Å². The zero-order valence-electron chi connectivity index (χ0n) is 13.7. The Morgan fingerprint density at radius 3 is 2.30 bits per heavy atom. The number of likely N-dealkylation sites (tertiary alicyclic amines) is 1. The number of carbonyl (C=O) groups excluding carboxylic acids is 1. The molecule has 0 atom stereocenters. The molecule has 23 heavy (non-hydrogen) atoms. The summed E-state index contributed by atoms with van der Waals surface area (Å²) < 4.78 is 5.95. The molecule has 122 valence electrons. The molecule has 0 spiro atoms. The van der Waals surface area contributed by atoms with Crippen molar-refractivity contribution in [3.8, 4) is 11.8 Å². The van der Waals surface area contributed by atoms with E-state index in [-0.39, 0.29) is 6.09 Å². The van der Waals surface area contributed by atoms with Gasteiger partial charge in [0.15, 0.2) is 5.60 Å². The quantitative estimate of drug-likeness (QED) is 0.721. The van der Waals surface area contributed by atoms with Crippen molar-refractivity contribution in [3.63, 3.8) is 0 Å². The largest absolute Gasteiger partial charge is 0.430 e. The van der Waals surface area contributed by atoms with Gasteiger partial charge in [-0.15, -0.1) is 0 Å². The fraction of sp³-hybridized carbons (Fsp3) is 0.550. The maximum Gasteiger partial charge on any atom is 0.411 e. The third kappa shape index (κ3) is 4.28. The minimum atomic E-state index is -0.595. The third-order valence-corrected chi connectivity index (χ3v) is 4.77. The summed E-state index contributed by atoms with van der Waals surface area (Å²) in [5.41, 5.74) is 0.384. The monoisotopic (exact) mass is 311 g/mol. The number of rotatable bonds is 1. The average molecular weight is 311 g/mol. The van der Waals surface area contributed by atoms with Crippen LogP contribution in [0.5, 0.6) is 0 Å². The summed E-state index contributed by atoms with van der Waals surface area (Å²) in [4.78, 5) is 14.4. The van der Waals surface area contributed by atoms with Crippen molar-refractivity contribution in [3.05, 3.63) is 35.9 Å². The number of hydrogen-bond donors (Lipinski definition) is 0. The predicted octanol–water partition coefficient (Wildman–Crippen LogP) is 4.36. The van der Waals surface area contributed by atoms with Crippen molar-refractivity contribution in [1.29, 1.82) is 0 Å². The molecule has 3 nitrogen and oxygen atoms in total. The topological polar surface area (TPSA) is 29.5 Å². The molecule has 0 N–H and O–H groups in total. The number of benzene rings is 1. The lowest BCUT2D eigenvalue weighted by molar-refractivity contribution is 0.00237. The number of hydrogen-bond acceptors (Lipinski definition) is 2. The van der Waals surface area contributed by atoms with Crippen LogP contribution in [0.2, 0.25) is 0 Å². The molecule has 0 aromatic heterocycles. The third-order valence-electron chi connectivity index (χ3n) is 4.77. The van der Waals surface area contributed by atoms with E-state index in [4.69, 9.17) is 4.74 Å². The molecule has 2 aliphatic rings. The van der Waals surface area contributed by atoms with Crippen LogP contribution in [0.3, 0.4) is 0 Å². The summed E-state index contributed by atoms with van der Waals surface area (Å²) in [6.45, 7) is 1.64. The van der Waals surface area contributed by atoms with Gasteiger partial charge in [0.25, 0.3) is 0 Å². The van der Waals surface area contributed by atoms with Crippen molar-refractivity contribution in [2.45, 2.75) is 57.0 Å². The van der Waals surface area contributed by atoms with Gasteiger partial charge in [0.2, 0.25) is 0 Å². The lowest BCUT2D eigenvalue weighted by Crippen LogP contribution is -2.43. The molecule has 0 unspecified atom stereocenters. The Morgan fingerprint density at radius 1 is 0.957 bits per heavy atom. The van der Waals surface area contributed by atoms with Gasteiger partial charge in [0.1, 0.15) is 0 Å². The van der Waals surface area contributed by atoms with Crippen LogP contribution in [0, 0.1) is 11.8 Å². The van der Waals surface area contributed by atoms with E-state index < -0.39 is 5.60 Å². The van der Waals surface area contributed by atoms with Gasteiger partial charge in [-0.1, -0.05) is 30.5 Å². The van der Waals surface area contributed by atoms with Gasteiger partial charge in [0.05, 0.1) is 0 Å². The molecule has 0 bridgehead atoms. The zero-order chi connectivity index (χ0) is 16.0. The Balaban J connectivity index is 1.74. The van der Waals surface area contributed by atoms with Crippen LogP contribution in [0.25, 0.3) is 0 Å². The first-order valence-electron chi connectivity index (χ1n) is 8.84. The Hall–Kier alpha value is -1.95. The molecule has 3 heteroatoms. The van der Waals surface area contributed by atoms with Crippen LogP contribution < -0.4 is 0 Å². The Bertz CT molecular complexity index is 573. The summed E-state index contributed by atoms with van der Waals surface area (Å²) in [6, 6.07) is 9.94. The predicted molar refractivity (Wildman–Crippen MR) is 91.0 cm³/mol. The highest BCUT2D eigenvalue weighted by molar-refractivity contribution is 5.69. The molecule has 2 fully saturated rings. The average Bonchev–Trinajstić information content (AvgIpc) is 2.62. The van der Waals surface area contributed by atoms with Crippen LogP contribution >= 0.6 is 0 Å². The van der Waals surface area contributed by atoms with E-state index in [1.54, 1.807) is 0 Å². The molecule has 1 aliphatic carbocycles. The normalized spacial score (nSPS) is 20.3. The second kappa shape index (κ2) is 7.55. The maximum absolute atomic E-state index is 12.5. The fourth-order valence-electron chi connectivity index (χ4n) is 3.39. The van der Waals surface area contributed by atoms with E-state index >= 15 is 0 Å². The molecular weight excluding hydrogens is 286 g/mol. The molecule has 1 saturated heterocycles. The maximum atomic E-state index is 12.5. The van der Waals surface area contributed by atoms with Gasteiger partial charge in [-0.05, 0) is 63.0 Å². The summed E-state index contributed by atoms with van der Waals surface area (Å²) in [5, 5.41) is 0. The van der Waals surface area contributed by atoms with Gasteiger partial charge in [0, 0.05) is 18.7 Å². The second-order valence-corrected chi connectivity index (χ2v) is 6.59. The summed E-state index contributed by atoms with van der Waals surface area (Å²) in [6.07, 6.45) is 8.27. The van der Waals surface area contributed by atoms with Gasteiger partial charge in [-0.25, -0.2) is 4.79 Å². The first-order chi connectivity index (χ1) is 11.3. The van der Waals surface area contributed by atoms with Crippen molar-refractivity contribution in [2.24, 2.45) is 0 Å². The molecule has 1 heterocycles. The summed E-state index contributed by atoms with van der Waals surface area (Å²) in [7, 11) is 0. The van der Waals surface area contributed by atoms with Crippen molar-refractivity contribution >= 4 is 6.09 Å². The zero-order valence-corrected chi connectivity index (χ0v) is 13.7. The van der Waals surface area contributed by atoms with Gasteiger partial charge < -0.3 is 9.64 Å². The molecule has 1 aliphatic heterocycles. The Labute approximate surface area is 139 Å². The van der Waals surface area contributed by atoms with Gasteiger partial charge in [-0.3, -0.25) is 0 Å². The van der Waals surface area contributed by atoms with Crippen molar-refractivity contribution < 1.29 is 9.53 Å². The van der Waals surface area contributed by atoms with E-state index in [0.29, 0.717) is 0 Å². The summed E-state index contributed by atoms with van der Waals surface area (Å²) >= 11 is 0. The number of piperidine rings is 1.